The predicted molar refractivity (Wildman–Crippen MR) is 84.5 cm³/mol. The van der Waals surface area contributed by atoms with E-state index in [-0.39, 0.29) is 12.1 Å². The fourth-order valence-corrected chi connectivity index (χ4v) is 2.09. The molecular formula is C16H15ClF2N2O2. The van der Waals surface area contributed by atoms with E-state index in [1.807, 2.05) is 6.92 Å². The van der Waals surface area contributed by atoms with Gasteiger partial charge in [0.05, 0.1) is 6.10 Å². The fraction of sp³-hybridized carbons (Fsp3) is 0.188. The number of halogens is 3. The van der Waals surface area contributed by atoms with Gasteiger partial charge in [-0.3, -0.25) is 0 Å². The molecule has 7 heteroatoms. The first-order valence-electron chi connectivity index (χ1n) is 6.81. The van der Waals surface area contributed by atoms with E-state index in [1.54, 1.807) is 18.2 Å². The van der Waals surface area contributed by atoms with Gasteiger partial charge in [0.1, 0.15) is 0 Å². The van der Waals surface area contributed by atoms with Gasteiger partial charge in [-0.05, 0) is 42.3 Å². The van der Waals surface area contributed by atoms with Gasteiger partial charge in [-0.25, -0.2) is 13.6 Å². The van der Waals surface area contributed by atoms with Crippen molar-refractivity contribution in [2.24, 2.45) is 0 Å². The number of anilines is 1. The number of carbonyl (C=O) groups excluding carboxylic acids is 1. The Bertz CT molecular complexity index is 725. The van der Waals surface area contributed by atoms with Crippen molar-refractivity contribution in [1.29, 1.82) is 0 Å². The van der Waals surface area contributed by atoms with Crippen LogP contribution in [0.4, 0.5) is 19.3 Å². The lowest BCUT2D eigenvalue weighted by Crippen LogP contribution is -2.32. The number of amides is 2. The third-order valence-electron chi connectivity index (χ3n) is 3.23. The van der Waals surface area contributed by atoms with Crippen molar-refractivity contribution in [3.05, 3.63) is 64.2 Å². The van der Waals surface area contributed by atoms with E-state index in [0.29, 0.717) is 10.7 Å². The van der Waals surface area contributed by atoms with Gasteiger partial charge in [0.2, 0.25) is 0 Å². The molecule has 2 aromatic carbocycles. The summed E-state index contributed by atoms with van der Waals surface area (Å²) in [6.45, 7) is 1.65. The van der Waals surface area contributed by atoms with E-state index in [0.717, 1.165) is 17.7 Å². The van der Waals surface area contributed by atoms with Crippen LogP contribution in [-0.4, -0.2) is 17.7 Å². The summed E-state index contributed by atoms with van der Waals surface area (Å²) in [4.78, 5) is 11.8. The van der Waals surface area contributed by atoms with Gasteiger partial charge in [0.15, 0.2) is 11.6 Å². The second-order valence-electron chi connectivity index (χ2n) is 4.98. The Balaban J connectivity index is 1.93. The molecule has 2 amide bonds. The maximum Gasteiger partial charge on any atom is 0.319 e. The zero-order valence-electron chi connectivity index (χ0n) is 12.2. The van der Waals surface area contributed by atoms with E-state index in [4.69, 9.17) is 11.6 Å². The summed E-state index contributed by atoms with van der Waals surface area (Å²) in [6.07, 6.45) is -1.16. The largest absolute Gasteiger partial charge is 0.387 e. The number of aliphatic hydroxyl groups excluding tert-OH is 1. The molecule has 3 N–H and O–H groups in total. The molecule has 122 valence electrons. The van der Waals surface area contributed by atoms with Crippen molar-refractivity contribution in [3.63, 3.8) is 0 Å². The number of carbonyl (C=O) groups is 1. The van der Waals surface area contributed by atoms with Gasteiger partial charge >= 0.3 is 6.03 Å². The van der Waals surface area contributed by atoms with Crippen LogP contribution < -0.4 is 10.6 Å². The number of aliphatic hydroxyl groups is 1. The van der Waals surface area contributed by atoms with Crippen LogP contribution in [0.5, 0.6) is 0 Å². The van der Waals surface area contributed by atoms with E-state index >= 15 is 0 Å². The highest BCUT2D eigenvalue weighted by molar-refractivity contribution is 6.31. The molecule has 0 saturated heterocycles. The van der Waals surface area contributed by atoms with Crippen LogP contribution in [0.2, 0.25) is 5.02 Å². The molecule has 0 aliphatic rings. The zero-order valence-corrected chi connectivity index (χ0v) is 13.0. The van der Waals surface area contributed by atoms with Crippen molar-refractivity contribution in [3.8, 4) is 0 Å². The van der Waals surface area contributed by atoms with E-state index in [9.17, 15) is 18.7 Å². The van der Waals surface area contributed by atoms with Crippen LogP contribution in [0.25, 0.3) is 0 Å². The first-order valence-corrected chi connectivity index (χ1v) is 7.18. The van der Waals surface area contributed by atoms with Crippen LogP contribution in [0.1, 0.15) is 17.2 Å². The minimum atomic E-state index is -1.16. The summed E-state index contributed by atoms with van der Waals surface area (Å²) in [7, 11) is 0. The number of rotatable bonds is 4. The van der Waals surface area contributed by atoms with Gasteiger partial charge in [0.25, 0.3) is 0 Å². The molecule has 0 spiro atoms. The molecule has 1 atom stereocenters. The quantitative estimate of drug-likeness (QED) is 0.793. The van der Waals surface area contributed by atoms with Crippen LogP contribution in [0.3, 0.4) is 0 Å². The summed E-state index contributed by atoms with van der Waals surface area (Å²) in [5.41, 5.74) is 1.53. The standard InChI is InChI=1S/C16H15ClF2N2O2/c1-9-2-4-11(17)7-14(9)21-16(23)20-8-15(22)10-3-5-12(18)13(19)6-10/h2-7,15,22H,8H2,1H3,(H2,20,21,23). The molecule has 4 nitrogen and oxygen atoms in total. The van der Waals surface area contributed by atoms with E-state index in [1.165, 1.54) is 6.07 Å². The highest BCUT2D eigenvalue weighted by atomic mass is 35.5. The van der Waals surface area contributed by atoms with Crippen LogP contribution in [-0.2, 0) is 0 Å². The summed E-state index contributed by atoms with van der Waals surface area (Å²) in [5, 5.41) is 15.4. The highest BCUT2D eigenvalue weighted by Gasteiger charge is 2.12. The van der Waals surface area contributed by atoms with Gasteiger partial charge < -0.3 is 15.7 Å². The summed E-state index contributed by atoms with van der Waals surface area (Å²) >= 11 is 5.86. The fourth-order valence-electron chi connectivity index (χ4n) is 1.92. The first-order chi connectivity index (χ1) is 10.9. The number of hydrogen-bond acceptors (Lipinski definition) is 2. The lowest BCUT2D eigenvalue weighted by molar-refractivity contribution is 0.174. The average molecular weight is 341 g/mol. The second-order valence-corrected chi connectivity index (χ2v) is 5.42. The van der Waals surface area contributed by atoms with Gasteiger partial charge in [-0.2, -0.15) is 0 Å². The van der Waals surface area contributed by atoms with Gasteiger partial charge in [-0.1, -0.05) is 23.7 Å². The molecule has 0 heterocycles. The topological polar surface area (TPSA) is 61.4 Å². The van der Waals surface area contributed by atoms with Crippen molar-refractivity contribution < 1.29 is 18.7 Å². The van der Waals surface area contributed by atoms with Gasteiger partial charge in [-0.15, -0.1) is 0 Å². The predicted octanol–water partition coefficient (Wildman–Crippen LogP) is 3.78. The summed E-state index contributed by atoms with van der Waals surface area (Å²) in [5.74, 6) is -2.05. The van der Waals surface area contributed by atoms with Crippen molar-refractivity contribution in [2.75, 3.05) is 11.9 Å². The minimum Gasteiger partial charge on any atom is -0.387 e. The van der Waals surface area contributed by atoms with Gasteiger partial charge in [0, 0.05) is 17.3 Å². The maximum absolute atomic E-state index is 13.1. The highest BCUT2D eigenvalue weighted by Crippen LogP contribution is 2.20. The van der Waals surface area contributed by atoms with E-state index in [2.05, 4.69) is 10.6 Å². The number of hydrogen-bond donors (Lipinski definition) is 3. The van der Waals surface area contributed by atoms with Crippen LogP contribution in [0, 0.1) is 18.6 Å². The monoisotopic (exact) mass is 340 g/mol. The Labute approximate surface area is 137 Å². The van der Waals surface area contributed by atoms with Crippen molar-refractivity contribution >= 4 is 23.3 Å². The van der Waals surface area contributed by atoms with Crippen molar-refractivity contribution in [2.45, 2.75) is 13.0 Å². The number of urea groups is 1. The lowest BCUT2D eigenvalue weighted by atomic mass is 10.1. The third kappa shape index (κ3) is 4.64. The Morgan fingerprint density at radius 3 is 2.65 bits per heavy atom. The van der Waals surface area contributed by atoms with Crippen molar-refractivity contribution in [1.82, 2.24) is 5.32 Å². The number of benzene rings is 2. The molecule has 0 saturated carbocycles. The molecule has 1 unspecified atom stereocenters. The molecule has 2 aromatic rings. The molecule has 23 heavy (non-hydrogen) atoms. The maximum atomic E-state index is 13.1. The Morgan fingerprint density at radius 2 is 1.96 bits per heavy atom. The molecule has 2 rings (SSSR count). The molecule has 0 aromatic heterocycles. The number of aryl methyl sites for hydroxylation is 1. The molecule has 0 aliphatic heterocycles. The minimum absolute atomic E-state index is 0.156. The first kappa shape index (κ1) is 17.2. The molecule has 0 radical (unpaired) electrons. The summed E-state index contributed by atoms with van der Waals surface area (Å²) < 4.78 is 26.0. The smallest absolute Gasteiger partial charge is 0.319 e. The van der Waals surface area contributed by atoms with Crippen LogP contribution >= 0.6 is 11.6 Å². The third-order valence-corrected chi connectivity index (χ3v) is 3.47. The molecule has 0 aliphatic carbocycles. The van der Waals surface area contributed by atoms with E-state index < -0.39 is 23.8 Å². The molecule has 0 fully saturated rings. The lowest BCUT2D eigenvalue weighted by Gasteiger charge is -2.14. The SMILES string of the molecule is Cc1ccc(Cl)cc1NC(=O)NCC(O)c1ccc(F)c(F)c1. The Kier molecular flexibility index (Phi) is 5.52. The second kappa shape index (κ2) is 7.39. The summed E-state index contributed by atoms with van der Waals surface area (Å²) in [6, 6.07) is 7.58. The van der Waals surface area contributed by atoms with Crippen LogP contribution in [0.15, 0.2) is 36.4 Å². The average Bonchev–Trinajstić information content (AvgIpc) is 2.51. The Hall–Kier alpha value is -2.18. The number of nitrogens with one attached hydrogen (secondary N) is 2. The molecular weight excluding hydrogens is 326 g/mol. The zero-order chi connectivity index (χ0) is 17.0. The molecule has 0 bridgehead atoms. The Morgan fingerprint density at radius 1 is 1.22 bits per heavy atom. The normalized spacial score (nSPS) is 11.9.